The molecule has 0 heterocycles. The highest BCUT2D eigenvalue weighted by Gasteiger charge is 2.37. The molecule has 4 heteroatoms. The van der Waals surface area contributed by atoms with Gasteiger partial charge in [-0.3, -0.25) is 0 Å². The maximum absolute atomic E-state index is 11.6. The fourth-order valence-electron chi connectivity index (χ4n) is 1.42. The summed E-state index contributed by atoms with van der Waals surface area (Å²) in [6, 6.07) is 6.85. The van der Waals surface area contributed by atoms with Gasteiger partial charge in [-0.05, 0) is 17.7 Å². The minimum Gasteiger partial charge on any atom is -0.467 e. The number of hydrogen-bond acceptors (Lipinski definition) is 3. The van der Waals surface area contributed by atoms with Crippen LogP contribution in [0.2, 0.25) is 0 Å². The molecule has 3 nitrogen and oxygen atoms in total. The number of benzene rings is 1. The van der Waals surface area contributed by atoms with Gasteiger partial charge in [0.2, 0.25) is 0 Å². The summed E-state index contributed by atoms with van der Waals surface area (Å²) in [5.74, 6) is -0.685. The van der Waals surface area contributed by atoms with Gasteiger partial charge in [0.05, 0.1) is 7.11 Å². The predicted molar refractivity (Wildman–Crippen MR) is 64.9 cm³/mol. The molecule has 1 aromatic carbocycles. The third-order valence-corrected chi connectivity index (χ3v) is 2.81. The van der Waals surface area contributed by atoms with Gasteiger partial charge in [-0.1, -0.05) is 34.1 Å². The molecular weight excluding hydrogens is 272 g/mol. The van der Waals surface area contributed by atoms with Gasteiger partial charge in [0.1, 0.15) is 0 Å². The Morgan fingerprint density at radius 1 is 1.56 bits per heavy atom. The first-order valence-corrected chi connectivity index (χ1v) is 5.51. The summed E-state index contributed by atoms with van der Waals surface area (Å²) in [6.45, 7) is 3.53. The van der Waals surface area contributed by atoms with E-state index in [0.29, 0.717) is 5.56 Å². The highest BCUT2D eigenvalue weighted by molar-refractivity contribution is 9.10. The van der Waals surface area contributed by atoms with Crippen molar-refractivity contribution in [3.05, 3.63) is 47.0 Å². The second-order valence-electron chi connectivity index (χ2n) is 3.35. The third kappa shape index (κ3) is 2.51. The lowest BCUT2D eigenvalue weighted by atomic mass is 9.90. The number of carbonyl (C=O) groups is 1. The van der Waals surface area contributed by atoms with Crippen LogP contribution in [0.5, 0.6) is 0 Å². The van der Waals surface area contributed by atoms with Crippen molar-refractivity contribution in [1.29, 1.82) is 0 Å². The SMILES string of the molecule is C=CCC(O)(C(=O)OC)c1ccc(Br)cc1. The molecule has 0 amide bonds. The van der Waals surface area contributed by atoms with Crippen LogP contribution in [0.25, 0.3) is 0 Å². The van der Waals surface area contributed by atoms with Crippen LogP contribution >= 0.6 is 15.9 Å². The number of ether oxygens (including phenoxy) is 1. The lowest BCUT2D eigenvalue weighted by Gasteiger charge is -2.24. The molecule has 0 fully saturated rings. The second-order valence-corrected chi connectivity index (χ2v) is 4.27. The van der Waals surface area contributed by atoms with E-state index in [0.717, 1.165) is 4.47 Å². The third-order valence-electron chi connectivity index (χ3n) is 2.28. The molecule has 0 spiro atoms. The van der Waals surface area contributed by atoms with Gasteiger partial charge in [0.15, 0.2) is 5.60 Å². The smallest absolute Gasteiger partial charge is 0.342 e. The topological polar surface area (TPSA) is 46.5 Å². The van der Waals surface area contributed by atoms with Crippen LogP contribution in [0.3, 0.4) is 0 Å². The van der Waals surface area contributed by atoms with Crippen LogP contribution in [0.1, 0.15) is 12.0 Å². The van der Waals surface area contributed by atoms with Gasteiger partial charge in [-0.15, -0.1) is 6.58 Å². The number of carbonyl (C=O) groups excluding carboxylic acids is 1. The van der Waals surface area contributed by atoms with E-state index in [1.165, 1.54) is 13.2 Å². The molecule has 1 aromatic rings. The molecule has 0 radical (unpaired) electrons. The van der Waals surface area contributed by atoms with Crippen LogP contribution in [-0.2, 0) is 15.1 Å². The highest BCUT2D eigenvalue weighted by atomic mass is 79.9. The molecule has 0 aliphatic carbocycles. The number of rotatable bonds is 4. The summed E-state index contributed by atoms with van der Waals surface area (Å²) in [4.78, 5) is 11.6. The van der Waals surface area contributed by atoms with E-state index in [1.807, 2.05) is 0 Å². The van der Waals surface area contributed by atoms with Gasteiger partial charge in [0.25, 0.3) is 0 Å². The van der Waals surface area contributed by atoms with Crippen molar-refractivity contribution in [2.45, 2.75) is 12.0 Å². The molecule has 1 unspecified atom stereocenters. The minimum absolute atomic E-state index is 0.112. The number of aliphatic hydroxyl groups is 1. The number of methoxy groups -OCH3 is 1. The maximum Gasteiger partial charge on any atom is 0.342 e. The van der Waals surface area contributed by atoms with Gasteiger partial charge in [-0.2, -0.15) is 0 Å². The molecule has 1 atom stereocenters. The van der Waals surface area contributed by atoms with Crippen molar-refractivity contribution in [3.63, 3.8) is 0 Å². The van der Waals surface area contributed by atoms with E-state index in [4.69, 9.17) is 0 Å². The van der Waals surface area contributed by atoms with Crippen molar-refractivity contribution < 1.29 is 14.6 Å². The van der Waals surface area contributed by atoms with E-state index >= 15 is 0 Å². The summed E-state index contributed by atoms with van der Waals surface area (Å²) in [5.41, 5.74) is -1.17. The molecule has 0 saturated heterocycles. The van der Waals surface area contributed by atoms with Crippen LogP contribution < -0.4 is 0 Å². The Kier molecular flexibility index (Phi) is 4.26. The van der Waals surface area contributed by atoms with Gasteiger partial charge in [-0.25, -0.2) is 4.79 Å². The average molecular weight is 285 g/mol. The van der Waals surface area contributed by atoms with Crippen molar-refractivity contribution in [1.82, 2.24) is 0 Å². The summed E-state index contributed by atoms with van der Waals surface area (Å²) >= 11 is 3.29. The van der Waals surface area contributed by atoms with Crippen molar-refractivity contribution >= 4 is 21.9 Å². The van der Waals surface area contributed by atoms with Crippen LogP contribution in [-0.4, -0.2) is 18.2 Å². The quantitative estimate of drug-likeness (QED) is 0.682. The number of esters is 1. The van der Waals surface area contributed by atoms with Crippen LogP contribution in [0.15, 0.2) is 41.4 Å². The molecular formula is C12H13BrO3. The summed E-state index contributed by atoms with van der Waals surface area (Å²) in [5, 5.41) is 10.3. The molecule has 0 aliphatic rings. The summed E-state index contributed by atoms with van der Waals surface area (Å²) in [7, 11) is 1.25. The van der Waals surface area contributed by atoms with Crippen LogP contribution in [0, 0.1) is 0 Å². The first-order valence-electron chi connectivity index (χ1n) is 4.72. The molecule has 0 aliphatic heterocycles. The molecule has 1 rings (SSSR count). The Morgan fingerprint density at radius 3 is 2.56 bits per heavy atom. The van der Waals surface area contributed by atoms with Crippen molar-refractivity contribution in [2.24, 2.45) is 0 Å². The zero-order valence-electron chi connectivity index (χ0n) is 8.94. The number of hydrogen-bond donors (Lipinski definition) is 1. The Balaban J connectivity index is 3.15. The highest BCUT2D eigenvalue weighted by Crippen LogP contribution is 2.28. The summed E-state index contributed by atoms with van der Waals surface area (Å²) < 4.78 is 5.48. The van der Waals surface area contributed by atoms with Crippen molar-refractivity contribution in [2.75, 3.05) is 7.11 Å². The first kappa shape index (κ1) is 12.9. The van der Waals surface area contributed by atoms with Crippen molar-refractivity contribution in [3.8, 4) is 0 Å². The second kappa shape index (κ2) is 5.27. The molecule has 86 valence electrons. The monoisotopic (exact) mass is 284 g/mol. The normalized spacial score (nSPS) is 13.9. The van der Waals surface area contributed by atoms with E-state index in [-0.39, 0.29) is 6.42 Å². The Labute approximate surface area is 103 Å². The maximum atomic E-state index is 11.6. The Morgan fingerprint density at radius 2 is 2.12 bits per heavy atom. The molecule has 0 aromatic heterocycles. The zero-order chi connectivity index (χ0) is 12.2. The predicted octanol–water partition coefficient (Wildman–Crippen LogP) is 2.39. The Bertz CT molecular complexity index is 386. The van der Waals surface area contributed by atoms with E-state index in [9.17, 15) is 9.90 Å². The minimum atomic E-state index is -1.66. The fraction of sp³-hybridized carbons (Fsp3) is 0.250. The first-order chi connectivity index (χ1) is 7.54. The van der Waals surface area contributed by atoms with Gasteiger partial charge >= 0.3 is 5.97 Å². The lowest BCUT2D eigenvalue weighted by molar-refractivity contribution is -0.163. The standard InChI is InChI=1S/C12H13BrO3/c1-3-8-12(15,11(14)16-2)9-4-6-10(13)7-5-9/h3-7,15H,1,8H2,2H3. The lowest BCUT2D eigenvalue weighted by Crippen LogP contribution is -2.36. The zero-order valence-corrected chi connectivity index (χ0v) is 10.5. The largest absolute Gasteiger partial charge is 0.467 e. The van der Waals surface area contributed by atoms with Gasteiger partial charge in [0, 0.05) is 10.9 Å². The van der Waals surface area contributed by atoms with E-state index < -0.39 is 11.6 Å². The fourth-order valence-corrected chi connectivity index (χ4v) is 1.69. The van der Waals surface area contributed by atoms with Crippen LogP contribution in [0.4, 0.5) is 0 Å². The van der Waals surface area contributed by atoms with Gasteiger partial charge < -0.3 is 9.84 Å². The molecule has 16 heavy (non-hydrogen) atoms. The Hall–Kier alpha value is -1.13. The van der Waals surface area contributed by atoms with E-state index in [1.54, 1.807) is 24.3 Å². The molecule has 0 bridgehead atoms. The number of halogens is 1. The average Bonchev–Trinajstić information content (AvgIpc) is 2.29. The molecule has 0 saturated carbocycles. The summed E-state index contributed by atoms with van der Waals surface area (Å²) in [6.07, 6.45) is 1.60. The van der Waals surface area contributed by atoms with E-state index in [2.05, 4.69) is 27.2 Å². The molecule has 1 N–H and O–H groups in total.